The highest BCUT2D eigenvalue weighted by atomic mass is 15.2. The maximum absolute atomic E-state index is 8.18. The highest BCUT2D eigenvalue weighted by molar-refractivity contribution is 6.00. The molecule has 0 bridgehead atoms. The quantitative estimate of drug-likeness (QED) is 0.835. The number of hydrogen-bond donors (Lipinski definition) is 1. The van der Waals surface area contributed by atoms with E-state index in [2.05, 4.69) is 41.8 Å². The Labute approximate surface area is 110 Å². The van der Waals surface area contributed by atoms with Crippen molar-refractivity contribution in [3.63, 3.8) is 0 Å². The number of rotatable bonds is 6. The van der Waals surface area contributed by atoms with Crippen molar-refractivity contribution >= 4 is 5.84 Å². The Balaban J connectivity index is 1.85. The fraction of sp³-hybridized carbons (Fsp3) is 0.533. The van der Waals surface area contributed by atoms with Crippen molar-refractivity contribution in [1.82, 2.24) is 9.80 Å². The van der Waals surface area contributed by atoms with Crippen LogP contribution in [0.5, 0.6) is 0 Å². The van der Waals surface area contributed by atoms with Crippen LogP contribution in [-0.4, -0.2) is 41.8 Å². The van der Waals surface area contributed by atoms with Gasteiger partial charge in [0, 0.05) is 18.7 Å². The van der Waals surface area contributed by atoms with Gasteiger partial charge in [-0.2, -0.15) is 0 Å². The van der Waals surface area contributed by atoms with Crippen LogP contribution in [0.2, 0.25) is 0 Å². The molecule has 1 aromatic rings. The van der Waals surface area contributed by atoms with Crippen LogP contribution in [0.3, 0.4) is 0 Å². The minimum absolute atomic E-state index is 0.699. The molecule has 98 valence electrons. The van der Waals surface area contributed by atoms with Crippen LogP contribution in [0, 0.1) is 5.41 Å². The van der Waals surface area contributed by atoms with E-state index in [0.717, 1.165) is 44.7 Å². The zero-order chi connectivity index (χ0) is 13.0. The Morgan fingerprint density at radius 2 is 1.94 bits per heavy atom. The van der Waals surface area contributed by atoms with Gasteiger partial charge in [-0.3, -0.25) is 5.41 Å². The number of fused-ring (bicyclic) bond motifs is 1. The van der Waals surface area contributed by atoms with Crippen molar-refractivity contribution < 1.29 is 0 Å². The number of nitrogens with zero attached hydrogens (tertiary/aromatic N) is 2. The van der Waals surface area contributed by atoms with Gasteiger partial charge in [0.2, 0.25) is 0 Å². The molecule has 0 saturated heterocycles. The summed E-state index contributed by atoms with van der Waals surface area (Å²) < 4.78 is 0. The molecule has 18 heavy (non-hydrogen) atoms. The second-order valence-corrected chi connectivity index (χ2v) is 4.81. The van der Waals surface area contributed by atoms with Crippen LogP contribution in [0.1, 0.15) is 31.4 Å². The first kappa shape index (κ1) is 13.1. The number of benzene rings is 1. The third-order valence-corrected chi connectivity index (χ3v) is 3.75. The summed E-state index contributed by atoms with van der Waals surface area (Å²) in [5, 5.41) is 8.18. The van der Waals surface area contributed by atoms with Crippen LogP contribution in [0.4, 0.5) is 0 Å². The first-order chi connectivity index (χ1) is 8.76. The summed E-state index contributed by atoms with van der Waals surface area (Å²) in [6.07, 6.45) is 1.14. The zero-order valence-electron chi connectivity index (χ0n) is 11.4. The van der Waals surface area contributed by atoms with Crippen LogP contribution in [0.15, 0.2) is 24.3 Å². The summed E-state index contributed by atoms with van der Waals surface area (Å²) in [6.45, 7) is 9.68. The normalized spacial score (nSPS) is 14.4. The van der Waals surface area contributed by atoms with Gasteiger partial charge in [-0.1, -0.05) is 38.1 Å². The van der Waals surface area contributed by atoms with Crippen molar-refractivity contribution in [2.24, 2.45) is 0 Å². The third kappa shape index (κ3) is 2.72. The lowest BCUT2D eigenvalue weighted by Gasteiger charge is -2.22. The van der Waals surface area contributed by atoms with Crippen LogP contribution in [0.25, 0.3) is 0 Å². The molecule has 0 radical (unpaired) electrons. The SMILES string of the molecule is CCN(CC)CCCN1Cc2ccccc2C1=N. The highest BCUT2D eigenvalue weighted by Crippen LogP contribution is 2.22. The second-order valence-electron chi connectivity index (χ2n) is 4.81. The molecule has 1 aliphatic rings. The average Bonchev–Trinajstić information content (AvgIpc) is 2.72. The molecule has 0 aliphatic carbocycles. The molecule has 0 fully saturated rings. The van der Waals surface area contributed by atoms with E-state index in [9.17, 15) is 0 Å². The van der Waals surface area contributed by atoms with E-state index in [1.54, 1.807) is 0 Å². The van der Waals surface area contributed by atoms with E-state index in [1.165, 1.54) is 5.56 Å². The van der Waals surface area contributed by atoms with Gasteiger partial charge in [-0.05, 0) is 31.6 Å². The molecule has 1 aliphatic heterocycles. The van der Waals surface area contributed by atoms with Crippen molar-refractivity contribution in [1.29, 1.82) is 5.41 Å². The van der Waals surface area contributed by atoms with E-state index in [1.807, 2.05) is 6.07 Å². The van der Waals surface area contributed by atoms with Gasteiger partial charge in [0.1, 0.15) is 5.84 Å². The van der Waals surface area contributed by atoms with Crippen LogP contribution in [-0.2, 0) is 6.54 Å². The molecule has 0 unspecified atom stereocenters. The molecule has 0 aromatic heterocycles. The Morgan fingerprint density at radius 3 is 2.61 bits per heavy atom. The van der Waals surface area contributed by atoms with Crippen LogP contribution < -0.4 is 0 Å². The van der Waals surface area contributed by atoms with Gasteiger partial charge in [-0.25, -0.2) is 0 Å². The summed E-state index contributed by atoms with van der Waals surface area (Å²) in [6, 6.07) is 8.27. The monoisotopic (exact) mass is 245 g/mol. The minimum atomic E-state index is 0.699. The number of hydrogen-bond acceptors (Lipinski definition) is 2. The molecule has 0 atom stereocenters. The molecular weight excluding hydrogens is 222 g/mol. The maximum Gasteiger partial charge on any atom is 0.128 e. The zero-order valence-corrected chi connectivity index (χ0v) is 11.4. The lowest BCUT2D eigenvalue weighted by molar-refractivity contribution is 0.282. The second kappa shape index (κ2) is 6.01. The summed E-state index contributed by atoms with van der Waals surface area (Å²) in [4.78, 5) is 4.63. The predicted octanol–water partition coefficient (Wildman–Crippen LogP) is 2.56. The van der Waals surface area contributed by atoms with E-state index < -0.39 is 0 Å². The minimum Gasteiger partial charge on any atom is -0.352 e. The van der Waals surface area contributed by atoms with Crippen molar-refractivity contribution in [3.8, 4) is 0 Å². The number of amidine groups is 1. The number of nitrogens with one attached hydrogen (secondary N) is 1. The van der Waals surface area contributed by atoms with Gasteiger partial charge in [0.05, 0.1) is 0 Å². The molecule has 0 spiro atoms. The van der Waals surface area contributed by atoms with Gasteiger partial charge in [0.15, 0.2) is 0 Å². The average molecular weight is 245 g/mol. The summed E-state index contributed by atoms with van der Waals surface area (Å²) >= 11 is 0. The van der Waals surface area contributed by atoms with Crippen LogP contribution >= 0.6 is 0 Å². The summed E-state index contributed by atoms with van der Waals surface area (Å²) in [5.41, 5.74) is 2.41. The molecule has 1 aromatic carbocycles. The largest absolute Gasteiger partial charge is 0.352 e. The molecule has 0 saturated carbocycles. The topological polar surface area (TPSA) is 30.3 Å². The van der Waals surface area contributed by atoms with E-state index in [-0.39, 0.29) is 0 Å². The molecule has 0 amide bonds. The van der Waals surface area contributed by atoms with Crippen molar-refractivity contribution in [2.45, 2.75) is 26.8 Å². The lowest BCUT2D eigenvalue weighted by atomic mass is 10.1. The molecule has 3 nitrogen and oxygen atoms in total. The van der Waals surface area contributed by atoms with E-state index >= 15 is 0 Å². The Morgan fingerprint density at radius 1 is 1.22 bits per heavy atom. The van der Waals surface area contributed by atoms with Gasteiger partial charge in [-0.15, -0.1) is 0 Å². The first-order valence-electron chi connectivity index (χ1n) is 6.90. The third-order valence-electron chi connectivity index (χ3n) is 3.75. The maximum atomic E-state index is 8.18. The highest BCUT2D eigenvalue weighted by Gasteiger charge is 2.22. The van der Waals surface area contributed by atoms with Gasteiger partial charge < -0.3 is 9.80 Å². The fourth-order valence-electron chi connectivity index (χ4n) is 2.56. The molecule has 1 heterocycles. The standard InChI is InChI=1S/C15H23N3/c1-3-17(4-2)10-7-11-18-12-13-8-5-6-9-14(13)15(18)16/h5-6,8-9,16H,3-4,7,10-12H2,1-2H3. The Kier molecular flexibility index (Phi) is 4.37. The smallest absolute Gasteiger partial charge is 0.128 e. The fourth-order valence-corrected chi connectivity index (χ4v) is 2.56. The van der Waals surface area contributed by atoms with E-state index in [0.29, 0.717) is 5.84 Å². The van der Waals surface area contributed by atoms with E-state index in [4.69, 9.17) is 5.41 Å². The Hall–Kier alpha value is -1.35. The lowest BCUT2D eigenvalue weighted by Crippen LogP contribution is -2.30. The van der Waals surface area contributed by atoms with Crippen molar-refractivity contribution in [2.75, 3.05) is 26.2 Å². The van der Waals surface area contributed by atoms with Gasteiger partial charge >= 0.3 is 0 Å². The predicted molar refractivity (Wildman–Crippen MR) is 76.1 cm³/mol. The Bertz CT molecular complexity index is 410. The molecule has 3 heteroatoms. The van der Waals surface area contributed by atoms with Gasteiger partial charge in [0.25, 0.3) is 0 Å². The molecule has 1 N–H and O–H groups in total. The van der Waals surface area contributed by atoms with Crippen molar-refractivity contribution in [3.05, 3.63) is 35.4 Å². The molecule has 2 rings (SSSR count). The summed E-state index contributed by atoms with van der Waals surface area (Å²) in [5.74, 6) is 0.699. The first-order valence-corrected chi connectivity index (χ1v) is 6.90. The molecular formula is C15H23N3. The summed E-state index contributed by atoms with van der Waals surface area (Å²) in [7, 11) is 0.